The fourth-order valence-electron chi connectivity index (χ4n) is 4.93. The molecular formula is C24H19FN4O6. The number of hydrazone groups is 1. The van der Waals surface area contributed by atoms with Gasteiger partial charge >= 0.3 is 5.69 Å². The lowest BCUT2D eigenvalue weighted by atomic mass is 9.85. The van der Waals surface area contributed by atoms with Crippen LogP contribution >= 0.6 is 0 Å². The van der Waals surface area contributed by atoms with E-state index in [9.17, 15) is 28.9 Å². The zero-order valence-electron chi connectivity index (χ0n) is 18.2. The smallest absolute Gasteiger partial charge is 0.311 e. The highest BCUT2D eigenvalue weighted by molar-refractivity contribution is 6.07. The zero-order chi connectivity index (χ0) is 24.7. The number of amides is 3. The number of rotatable bonds is 7. The average molecular weight is 478 g/mol. The Hall–Kier alpha value is -4.41. The first-order valence-electron chi connectivity index (χ1n) is 10.9. The second kappa shape index (κ2) is 8.75. The molecule has 2 aliphatic carbocycles. The average Bonchev–Trinajstić information content (AvgIpc) is 3.52. The summed E-state index contributed by atoms with van der Waals surface area (Å²) in [7, 11) is 0. The Morgan fingerprint density at radius 2 is 1.80 bits per heavy atom. The second-order valence-corrected chi connectivity index (χ2v) is 8.53. The number of allylic oxidation sites excluding steroid dienone is 2. The molecule has 2 bridgehead atoms. The van der Waals surface area contributed by atoms with Crippen molar-refractivity contribution in [2.24, 2.45) is 28.8 Å². The molecule has 10 nitrogen and oxygen atoms in total. The number of halogens is 1. The van der Waals surface area contributed by atoms with Crippen LogP contribution in [0.3, 0.4) is 0 Å². The molecule has 1 aliphatic heterocycles. The van der Waals surface area contributed by atoms with E-state index in [1.165, 1.54) is 42.5 Å². The molecule has 1 saturated heterocycles. The van der Waals surface area contributed by atoms with Gasteiger partial charge in [-0.3, -0.25) is 24.5 Å². The van der Waals surface area contributed by atoms with Crippen LogP contribution in [0, 0.1) is 39.6 Å². The Morgan fingerprint density at radius 1 is 1.14 bits per heavy atom. The third kappa shape index (κ3) is 4.05. The number of anilines is 1. The molecule has 1 saturated carbocycles. The Labute approximate surface area is 198 Å². The van der Waals surface area contributed by atoms with Gasteiger partial charge in [0.1, 0.15) is 5.82 Å². The molecule has 0 spiro atoms. The van der Waals surface area contributed by atoms with Crippen molar-refractivity contribution in [1.82, 2.24) is 5.01 Å². The summed E-state index contributed by atoms with van der Waals surface area (Å²) in [5.74, 6) is -2.91. The predicted molar refractivity (Wildman–Crippen MR) is 121 cm³/mol. The van der Waals surface area contributed by atoms with E-state index in [0.29, 0.717) is 5.69 Å². The highest BCUT2D eigenvalue weighted by atomic mass is 19.1. The van der Waals surface area contributed by atoms with Crippen LogP contribution in [-0.2, 0) is 14.4 Å². The summed E-state index contributed by atoms with van der Waals surface area (Å²) < 4.78 is 18.5. The number of nitro groups is 1. The highest BCUT2D eigenvalue weighted by Crippen LogP contribution is 2.52. The second-order valence-electron chi connectivity index (χ2n) is 8.53. The minimum Gasteiger partial charge on any atom is -0.476 e. The number of hydrogen-bond acceptors (Lipinski definition) is 7. The van der Waals surface area contributed by atoms with Crippen LogP contribution in [0.25, 0.3) is 0 Å². The fourth-order valence-corrected chi connectivity index (χ4v) is 4.93. The molecule has 178 valence electrons. The molecule has 1 N–H and O–H groups in total. The van der Waals surface area contributed by atoms with E-state index < -0.39 is 40.8 Å². The first-order valence-corrected chi connectivity index (χ1v) is 10.9. The molecule has 2 fully saturated rings. The largest absolute Gasteiger partial charge is 0.476 e. The van der Waals surface area contributed by atoms with E-state index in [0.717, 1.165) is 17.6 Å². The number of carbonyl (C=O) groups is 3. The SMILES string of the molecule is O=C(COc1c(C=NN2C(=O)C3C4C=CC(C4)C3C2=O)cccc1[N+](=O)[O-])Nc1ccc(F)cc1. The number of nitrogens with one attached hydrogen (secondary N) is 1. The zero-order valence-corrected chi connectivity index (χ0v) is 18.2. The number of carbonyl (C=O) groups excluding carboxylic acids is 3. The summed E-state index contributed by atoms with van der Waals surface area (Å²) in [4.78, 5) is 48.8. The first-order chi connectivity index (χ1) is 16.8. The number of para-hydroxylation sites is 1. The molecule has 0 aromatic heterocycles. The minimum atomic E-state index is -0.676. The Bertz CT molecular complexity index is 1260. The lowest BCUT2D eigenvalue weighted by molar-refractivity contribution is -0.385. The number of imide groups is 1. The minimum absolute atomic E-state index is 0.0259. The van der Waals surface area contributed by atoms with E-state index in [4.69, 9.17) is 4.74 Å². The first kappa shape index (κ1) is 22.4. The molecular weight excluding hydrogens is 459 g/mol. The summed E-state index contributed by atoms with van der Waals surface area (Å²) in [6.07, 6.45) is 5.86. The number of benzene rings is 2. The summed E-state index contributed by atoms with van der Waals surface area (Å²) in [5, 5.41) is 18.9. The lowest BCUT2D eigenvalue weighted by Gasteiger charge is -2.13. The van der Waals surface area contributed by atoms with Crippen LogP contribution in [0.5, 0.6) is 5.75 Å². The summed E-state index contributed by atoms with van der Waals surface area (Å²) in [5.41, 5.74) is 0.0265. The van der Waals surface area contributed by atoms with E-state index in [1.54, 1.807) is 0 Å². The Morgan fingerprint density at radius 3 is 2.43 bits per heavy atom. The molecule has 35 heavy (non-hydrogen) atoms. The van der Waals surface area contributed by atoms with Crippen LogP contribution in [0.15, 0.2) is 59.7 Å². The number of ether oxygens (including phenoxy) is 1. The molecule has 2 aromatic rings. The molecule has 3 amide bonds. The highest BCUT2D eigenvalue weighted by Gasteiger charge is 2.59. The molecule has 4 atom stereocenters. The van der Waals surface area contributed by atoms with Crippen molar-refractivity contribution in [2.45, 2.75) is 6.42 Å². The number of nitrogens with zero attached hydrogens (tertiary/aromatic N) is 3. The van der Waals surface area contributed by atoms with E-state index >= 15 is 0 Å². The van der Waals surface area contributed by atoms with Gasteiger partial charge in [-0.15, -0.1) is 0 Å². The van der Waals surface area contributed by atoms with Crippen molar-refractivity contribution in [2.75, 3.05) is 11.9 Å². The van der Waals surface area contributed by atoms with Gasteiger partial charge in [0.15, 0.2) is 6.61 Å². The van der Waals surface area contributed by atoms with Crippen molar-refractivity contribution in [3.8, 4) is 5.75 Å². The molecule has 2 aromatic carbocycles. The molecule has 4 unspecified atom stereocenters. The predicted octanol–water partition coefficient (Wildman–Crippen LogP) is 2.89. The number of hydrogen-bond donors (Lipinski definition) is 1. The quantitative estimate of drug-likeness (QED) is 0.214. The van der Waals surface area contributed by atoms with Crippen LogP contribution in [0.4, 0.5) is 15.8 Å². The van der Waals surface area contributed by atoms with Gasteiger partial charge in [0.05, 0.1) is 23.0 Å². The number of fused-ring (bicyclic) bond motifs is 5. The van der Waals surface area contributed by atoms with Crippen LogP contribution in [-0.4, -0.2) is 40.5 Å². The van der Waals surface area contributed by atoms with E-state index in [2.05, 4.69) is 10.4 Å². The van der Waals surface area contributed by atoms with Crippen LogP contribution < -0.4 is 10.1 Å². The van der Waals surface area contributed by atoms with Gasteiger partial charge < -0.3 is 10.1 Å². The van der Waals surface area contributed by atoms with Gasteiger partial charge in [-0.25, -0.2) is 4.39 Å². The van der Waals surface area contributed by atoms with Gasteiger partial charge in [0, 0.05) is 17.3 Å². The maximum Gasteiger partial charge on any atom is 0.311 e. The Balaban J connectivity index is 1.34. The lowest BCUT2D eigenvalue weighted by Crippen LogP contribution is -2.28. The van der Waals surface area contributed by atoms with Gasteiger partial charge in [0.25, 0.3) is 17.7 Å². The van der Waals surface area contributed by atoms with E-state index in [1.807, 2.05) is 12.2 Å². The van der Waals surface area contributed by atoms with Crippen molar-refractivity contribution < 1.29 is 28.4 Å². The van der Waals surface area contributed by atoms with Crippen LogP contribution in [0.2, 0.25) is 0 Å². The maximum atomic E-state index is 13.0. The summed E-state index contributed by atoms with van der Waals surface area (Å²) in [6, 6.07) is 9.12. The van der Waals surface area contributed by atoms with Crippen LogP contribution in [0.1, 0.15) is 12.0 Å². The van der Waals surface area contributed by atoms with Crippen molar-refractivity contribution >= 4 is 35.3 Å². The summed E-state index contributed by atoms with van der Waals surface area (Å²) >= 11 is 0. The van der Waals surface area contributed by atoms with Gasteiger partial charge in [-0.05, 0) is 48.6 Å². The van der Waals surface area contributed by atoms with Gasteiger partial charge in [-0.2, -0.15) is 10.1 Å². The van der Waals surface area contributed by atoms with Crippen molar-refractivity contribution in [3.63, 3.8) is 0 Å². The monoisotopic (exact) mass is 478 g/mol. The molecule has 1 heterocycles. The number of nitro benzene ring substituents is 1. The molecule has 11 heteroatoms. The molecule has 5 rings (SSSR count). The standard InChI is InChI=1S/C24H19FN4O6/c25-16-6-8-17(9-7-16)27-19(30)12-35-22-15(2-1-3-18(22)29(33)34)11-26-28-23(31)20-13-4-5-14(10-13)21(20)24(28)32/h1-9,11,13-14,20-21H,10,12H2,(H,27,30). The molecule has 3 aliphatic rings. The van der Waals surface area contributed by atoms with Gasteiger partial charge in [0.2, 0.25) is 5.75 Å². The van der Waals surface area contributed by atoms with Gasteiger partial charge in [-0.1, -0.05) is 18.2 Å². The van der Waals surface area contributed by atoms with Crippen molar-refractivity contribution in [1.29, 1.82) is 0 Å². The Kier molecular flexibility index (Phi) is 5.59. The third-order valence-electron chi connectivity index (χ3n) is 6.46. The normalized spacial score (nSPS) is 24.3. The van der Waals surface area contributed by atoms with E-state index in [-0.39, 0.29) is 35.0 Å². The molecule has 0 radical (unpaired) electrons. The summed E-state index contributed by atoms with van der Waals surface area (Å²) in [6.45, 7) is -0.580. The third-order valence-corrected chi connectivity index (χ3v) is 6.46. The fraction of sp³-hybridized carbons (Fsp3) is 0.250. The topological polar surface area (TPSA) is 131 Å². The van der Waals surface area contributed by atoms with Crippen molar-refractivity contribution in [3.05, 3.63) is 76.1 Å². The maximum absolute atomic E-state index is 13.0.